The van der Waals surface area contributed by atoms with Crippen molar-refractivity contribution in [3.8, 4) is 11.1 Å². The first-order valence-corrected chi connectivity index (χ1v) is 8.60. The molecule has 0 radical (unpaired) electrons. The van der Waals surface area contributed by atoms with E-state index in [-0.39, 0.29) is 5.56 Å². The van der Waals surface area contributed by atoms with Gasteiger partial charge in [0.1, 0.15) is 0 Å². The highest BCUT2D eigenvalue weighted by molar-refractivity contribution is 6.06. The van der Waals surface area contributed by atoms with Gasteiger partial charge in [0.05, 0.1) is 17.5 Å². The van der Waals surface area contributed by atoms with Gasteiger partial charge in [0, 0.05) is 35.5 Å². The van der Waals surface area contributed by atoms with Crippen LogP contribution in [0.25, 0.3) is 22.2 Å². The Hall–Kier alpha value is -2.76. The van der Waals surface area contributed by atoms with Crippen LogP contribution in [0, 0.1) is 6.92 Å². The number of aromatic carboxylic acids is 1. The average Bonchev–Trinajstić information content (AvgIpc) is 3.00. The molecule has 0 aliphatic carbocycles. The fourth-order valence-electron chi connectivity index (χ4n) is 3.11. The van der Waals surface area contributed by atoms with Crippen LogP contribution in [-0.2, 0) is 13.0 Å². The van der Waals surface area contributed by atoms with Crippen LogP contribution in [0.1, 0.15) is 48.3 Å². The number of unbranched alkanes of at least 4 members (excludes halogenated alkanes) is 1. The minimum atomic E-state index is -0.957. The molecule has 0 bridgehead atoms. The van der Waals surface area contributed by atoms with Gasteiger partial charge in [-0.3, -0.25) is 4.98 Å². The minimum absolute atomic E-state index is 0.268. The van der Waals surface area contributed by atoms with Gasteiger partial charge in [-0.15, -0.1) is 0 Å². The van der Waals surface area contributed by atoms with Crippen molar-refractivity contribution in [2.45, 2.75) is 46.6 Å². The summed E-state index contributed by atoms with van der Waals surface area (Å²) >= 11 is 0. The van der Waals surface area contributed by atoms with Gasteiger partial charge in [-0.05, 0) is 38.3 Å². The normalized spacial score (nSPS) is 11.2. The standard InChI is InChI=1S/C19H22N4O2/c1-4-6-7-15-17(19(24)25)16(13-8-12(3)9-20-10-13)14-11-21-23(5-2)18(14)22-15/h8-11H,4-7H2,1-3H3,(H,24,25). The average molecular weight is 338 g/mol. The highest BCUT2D eigenvalue weighted by Gasteiger charge is 2.23. The number of carbonyl (C=O) groups is 1. The maximum absolute atomic E-state index is 12.1. The molecule has 130 valence electrons. The van der Waals surface area contributed by atoms with Gasteiger partial charge in [0.2, 0.25) is 0 Å². The molecule has 3 heterocycles. The molecular weight excluding hydrogens is 316 g/mol. The Kier molecular flexibility index (Phi) is 4.79. The third-order valence-corrected chi connectivity index (χ3v) is 4.30. The zero-order chi connectivity index (χ0) is 18.0. The number of pyridine rings is 2. The van der Waals surface area contributed by atoms with Crippen molar-refractivity contribution in [2.24, 2.45) is 0 Å². The van der Waals surface area contributed by atoms with Gasteiger partial charge in [0.25, 0.3) is 0 Å². The maximum atomic E-state index is 12.1. The largest absolute Gasteiger partial charge is 0.478 e. The number of rotatable bonds is 6. The molecule has 3 rings (SSSR count). The number of carboxylic acid groups (broad SMARTS) is 1. The Morgan fingerprint density at radius 2 is 2.04 bits per heavy atom. The van der Waals surface area contributed by atoms with Crippen molar-refractivity contribution in [1.82, 2.24) is 19.7 Å². The summed E-state index contributed by atoms with van der Waals surface area (Å²) in [5, 5.41) is 15.1. The van der Waals surface area contributed by atoms with E-state index in [2.05, 4.69) is 22.0 Å². The second-order valence-electron chi connectivity index (χ2n) is 6.17. The molecule has 0 unspecified atom stereocenters. The molecule has 0 aromatic carbocycles. The Morgan fingerprint density at radius 1 is 1.24 bits per heavy atom. The van der Waals surface area contributed by atoms with Crippen LogP contribution in [0.15, 0.2) is 24.7 Å². The second kappa shape index (κ2) is 7.01. The van der Waals surface area contributed by atoms with Crippen LogP contribution < -0.4 is 0 Å². The molecule has 0 aliphatic rings. The maximum Gasteiger partial charge on any atom is 0.338 e. The number of aryl methyl sites for hydroxylation is 3. The van der Waals surface area contributed by atoms with E-state index in [1.807, 2.05) is 24.6 Å². The molecule has 6 heteroatoms. The monoisotopic (exact) mass is 338 g/mol. The molecule has 0 atom stereocenters. The number of hydrogen-bond donors (Lipinski definition) is 1. The molecule has 0 fully saturated rings. The lowest BCUT2D eigenvalue weighted by Gasteiger charge is -2.13. The quantitative estimate of drug-likeness (QED) is 0.738. The molecule has 25 heavy (non-hydrogen) atoms. The predicted octanol–water partition coefficient (Wildman–Crippen LogP) is 3.86. The molecule has 0 saturated heterocycles. The van der Waals surface area contributed by atoms with Crippen LogP contribution in [0.2, 0.25) is 0 Å². The fourth-order valence-corrected chi connectivity index (χ4v) is 3.11. The summed E-state index contributed by atoms with van der Waals surface area (Å²) in [7, 11) is 0. The Balaban J connectivity index is 2.39. The van der Waals surface area contributed by atoms with E-state index < -0.39 is 5.97 Å². The smallest absolute Gasteiger partial charge is 0.338 e. The Morgan fingerprint density at radius 3 is 2.68 bits per heavy atom. The molecule has 0 aliphatic heterocycles. The fraction of sp³-hybridized carbons (Fsp3) is 0.368. The minimum Gasteiger partial charge on any atom is -0.478 e. The summed E-state index contributed by atoms with van der Waals surface area (Å²) in [6.45, 7) is 6.71. The van der Waals surface area contributed by atoms with Crippen LogP contribution in [0.4, 0.5) is 0 Å². The summed E-state index contributed by atoms with van der Waals surface area (Å²) in [4.78, 5) is 21.0. The number of carboxylic acids is 1. The molecule has 0 saturated carbocycles. The highest BCUT2D eigenvalue weighted by atomic mass is 16.4. The van der Waals surface area contributed by atoms with Gasteiger partial charge in [-0.2, -0.15) is 5.10 Å². The Bertz CT molecular complexity index is 931. The molecule has 0 amide bonds. The van der Waals surface area contributed by atoms with E-state index in [4.69, 9.17) is 0 Å². The topological polar surface area (TPSA) is 80.9 Å². The number of aromatic nitrogens is 4. The molecular formula is C19H22N4O2. The lowest BCUT2D eigenvalue weighted by Crippen LogP contribution is -2.10. The van der Waals surface area contributed by atoms with Crippen molar-refractivity contribution in [3.05, 3.63) is 41.5 Å². The van der Waals surface area contributed by atoms with E-state index in [9.17, 15) is 9.90 Å². The van der Waals surface area contributed by atoms with Crippen molar-refractivity contribution in [2.75, 3.05) is 0 Å². The first-order chi connectivity index (χ1) is 12.1. The second-order valence-corrected chi connectivity index (χ2v) is 6.17. The van der Waals surface area contributed by atoms with Crippen LogP contribution in [0.3, 0.4) is 0 Å². The van der Waals surface area contributed by atoms with Gasteiger partial charge in [-0.25, -0.2) is 14.5 Å². The predicted molar refractivity (Wildman–Crippen MR) is 96.7 cm³/mol. The summed E-state index contributed by atoms with van der Waals surface area (Å²) in [6, 6.07) is 1.96. The first-order valence-electron chi connectivity index (χ1n) is 8.60. The SMILES string of the molecule is CCCCc1nc2c(cnn2CC)c(-c2cncc(C)c2)c1C(=O)O. The molecule has 6 nitrogen and oxygen atoms in total. The molecule has 3 aromatic rings. The van der Waals surface area contributed by atoms with E-state index >= 15 is 0 Å². The lowest BCUT2D eigenvalue weighted by molar-refractivity contribution is 0.0696. The van der Waals surface area contributed by atoms with Gasteiger partial charge in [0.15, 0.2) is 5.65 Å². The van der Waals surface area contributed by atoms with Crippen LogP contribution in [0.5, 0.6) is 0 Å². The third-order valence-electron chi connectivity index (χ3n) is 4.30. The van der Waals surface area contributed by atoms with Crippen LogP contribution in [-0.4, -0.2) is 30.8 Å². The number of fused-ring (bicyclic) bond motifs is 1. The van der Waals surface area contributed by atoms with Crippen molar-refractivity contribution in [1.29, 1.82) is 0 Å². The van der Waals surface area contributed by atoms with Gasteiger partial charge in [-0.1, -0.05) is 13.3 Å². The molecule has 0 spiro atoms. The lowest BCUT2D eigenvalue weighted by atomic mass is 9.95. The van der Waals surface area contributed by atoms with Crippen molar-refractivity contribution >= 4 is 17.0 Å². The zero-order valence-electron chi connectivity index (χ0n) is 14.8. The van der Waals surface area contributed by atoms with Gasteiger partial charge >= 0.3 is 5.97 Å². The van der Waals surface area contributed by atoms with Gasteiger partial charge < -0.3 is 5.11 Å². The van der Waals surface area contributed by atoms with Crippen molar-refractivity contribution < 1.29 is 9.90 Å². The molecule has 1 N–H and O–H groups in total. The summed E-state index contributed by atoms with van der Waals surface area (Å²) in [6.07, 6.45) is 7.68. The highest BCUT2D eigenvalue weighted by Crippen LogP contribution is 2.34. The molecule has 3 aromatic heterocycles. The van der Waals surface area contributed by atoms with Crippen molar-refractivity contribution in [3.63, 3.8) is 0 Å². The number of nitrogens with zero attached hydrogens (tertiary/aromatic N) is 4. The van der Waals surface area contributed by atoms with E-state index in [0.717, 1.165) is 35.0 Å². The Labute approximate surface area is 146 Å². The summed E-state index contributed by atoms with van der Waals surface area (Å²) < 4.78 is 1.81. The third kappa shape index (κ3) is 3.12. The van der Waals surface area contributed by atoms with E-state index in [1.165, 1.54) is 0 Å². The first kappa shape index (κ1) is 17.1. The summed E-state index contributed by atoms with van der Waals surface area (Å²) in [5.74, 6) is -0.957. The van der Waals surface area contributed by atoms with Crippen LogP contribution >= 0.6 is 0 Å². The van der Waals surface area contributed by atoms with E-state index in [1.54, 1.807) is 18.6 Å². The van der Waals surface area contributed by atoms with E-state index in [0.29, 0.717) is 24.2 Å². The number of hydrogen-bond acceptors (Lipinski definition) is 4. The summed E-state index contributed by atoms with van der Waals surface area (Å²) in [5.41, 5.74) is 4.06. The zero-order valence-corrected chi connectivity index (χ0v) is 14.8.